The molecule has 2 fully saturated rings. The highest BCUT2D eigenvalue weighted by Gasteiger charge is 2.35. The number of carbonyl (C=O) groups excluding carboxylic acids is 1. The number of rotatable bonds is 4. The van der Waals surface area contributed by atoms with Crippen molar-refractivity contribution in [2.75, 3.05) is 45.9 Å². The van der Waals surface area contributed by atoms with Crippen molar-refractivity contribution in [2.45, 2.75) is 24.8 Å². The lowest BCUT2D eigenvalue weighted by Gasteiger charge is -2.45. The van der Waals surface area contributed by atoms with Gasteiger partial charge in [0.1, 0.15) is 18.0 Å². The third kappa shape index (κ3) is 4.14. The lowest BCUT2D eigenvalue weighted by Crippen LogP contribution is -2.56. The molecule has 2 aromatic heterocycles. The van der Waals surface area contributed by atoms with Crippen LogP contribution in [-0.2, 0) is 9.53 Å². The molecule has 2 aliphatic heterocycles. The van der Waals surface area contributed by atoms with E-state index < -0.39 is 6.10 Å². The van der Waals surface area contributed by atoms with E-state index in [2.05, 4.69) is 25.8 Å². The maximum atomic E-state index is 12.1. The summed E-state index contributed by atoms with van der Waals surface area (Å²) in [6, 6.07) is 2.12. The SMILES string of the molecule is CC(O)C(=O)N1CCN(C(c2cc3ncncc3s2)N2CCOC(Cl)C2)CC1. The summed E-state index contributed by atoms with van der Waals surface area (Å²) in [5.74, 6) is -0.208. The average Bonchev–Trinajstić information content (AvgIpc) is 3.11. The molecule has 3 atom stereocenters. The van der Waals surface area contributed by atoms with Crippen LogP contribution in [0.3, 0.4) is 0 Å². The van der Waals surface area contributed by atoms with Gasteiger partial charge in [0.05, 0.1) is 23.0 Å². The van der Waals surface area contributed by atoms with Crippen LogP contribution in [0.15, 0.2) is 18.6 Å². The van der Waals surface area contributed by atoms with Gasteiger partial charge in [-0.2, -0.15) is 0 Å². The van der Waals surface area contributed by atoms with Crippen molar-refractivity contribution in [1.29, 1.82) is 0 Å². The zero-order chi connectivity index (χ0) is 19.7. The van der Waals surface area contributed by atoms with Crippen LogP contribution in [0.5, 0.6) is 0 Å². The number of amides is 1. The third-order valence-corrected chi connectivity index (χ3v) is 6.56. The molecule has 1 amide bonds. The van der Waals surface area contributed by atoms with E-state index in [0.29, 0.717) is 26.2 Å². The van der Waals surface area contributed by atoms with Crippen LogP contribution in [0.4, 0.5) is 0 Å². The molecule has 0 saturated carbocycles. The van der Waals surface area contributed by atoms with Gasteiger partial charge in [0.15, 0.2) is 0 Å². The van der Waals surface area contributed by atoms with Crippen LogP contribution >= 0.6 is 22.9 Å². The lowest BCUT2D eigenvalue weighted by atomic mass is 10.2. The Balaban J connectivity index is 1.58. The molecule has 4 heterocycles. The Morgan fingerprint density at radius 2 is 2.11 bits per heavy atom. The molecule has 0 spiro atoms. The molecule has 0 radical (unpaired) electrons. The van der Waals surface area contributed by atoms with Gasteiger partial charge in [-0.1, -0.05) is 11.6 Å². The number of aromatic nitrogens is 2. The normalized spacial score (nSPS) is 24.4. The first-order valence-electron chi connectivity index (χ1n) is 9.43. The number of piperazine rings is 1. The number of hydrogen-bond donors (Lipinski definition) is 1. The minimum absolute atomic E-state index is 0.0492. The average molecular weight is 426 g/mol. The second-order valence-electron chi connectivity index (χ2n) is 7.11. The Morgan fingerprint density at radius 3 is 2.79 bits per heavy atom. The summed E-state index contributed by atoms with van der Waals surface area (Å²) >= 11 is 7.97. The summed E-state index contributed by atoms with van der Waals surface area (Å²) in [7, 11) is 0. The molecular weight excluding hydrogens is 402 g/mol. The van der Waals surface area contributed by atoms with Crippen LogP contribution in [0, 0.1) is 0 Å². The second kappa shape index (κ2) is 8.56. The highest BCUT2D eigenvalue weighted by Crippen LogP contribution is 2.35. The van der Waals surface area contributed by atoms with Crippen molar-refractivity contribution in [3.63, 3.8) is 0 Å². The van der Waals surface area contributed by atoms with Crippen LogP contribution < -0.4 is 0 Å². The number of nitrogens with zero attached hydrogens (tertiary/aromatic N) is 5. The Kier molecular flexibility index (Phi) is 6.10. The molecule has 2 saturated heterocycles. The Bertz CT molecular complexity index is 793. The molecule has 10 heteroatoms. The zero-order valence-electron chi connectivity index (χ0n) is 15.7. The van der Waals surface area contributed by atoms with E-state index in [1.165, 1.54) is 11.8 Å². The molecule has 3 unspecified atom stereocenters. The molecule has 28 heavy (non-hydrogen) atoms. The Morgan fingerprint density at radius 1 is 1.32 bits per heavy atom. The van der Waals surface area contributed by atoms with Crippen molar-refractivity contribution in [2.24, 2.45) is 0 Å². The second-order valence-corrected chi connectivity index (χ2v) is 8.71. The van der Waals surface area contributed by atoms with Crippen LogP contribution in [0.25, 0.3) is 10.2 Å². The first-order chi connectivity index (χ1) is 13.5. The van der Waals surface area contributed by atoms with Gasteiger partial charge in [-0.25, -0.2) is 9.97 Å². The largest absolute Gasteiger partial charge is 0.384 e. The number of fused-ring (bicyclic) bond motifs is 1. The van der Waals surface area contributed by atoms with E-state index in [0.717, 1.165) is 29.9 Å². The molecule has 0 aliphatic carbocycles. The molecule has 1 N–H and O–H groups in total. The predicted molar refractivity (Wildman–Crippen MR) is 107 cm³/mol. The monoisotopic (exact) mass is 425 g/mol. The van der Waals surface area contributed by atoms with Crippen molar-refractivity contribution < 1.29 is 14.6 Å². The fraction of sp³-hybridized carbons (Fsp3) is 0.611. The number of hydrogen-bond acceptors (Lipinski definition) is 8. The summed E-state index contributed by atoms with van der Waals surface area (Å²) < 4.78 is 6.58. The van der Waals surface area contributed by atoms with Crippen molar-refractivity contribution in [3.8, 4) is 0 Å². The number of carbonyl (C=O) groups is 1. The molecule has 2 aliphatic rings. The first kappa shape index (κ1) is 19.9. The van der Waals surface area contributed by atoms with Gasteiger partial charge in [0.2, 0.25) is 0 Å². The van der Waals surface area contributed by atoms with Gasteiger partial charge in [-0.05, 0) is 13.0 Å². The van der Waals surface area contributed by atoms with E-state index in [4.69, 9.17) is 16.3 Å². The summed E-state index contributed by atoms with van der Waals surface area (Å²) in [5, 5.41) is 9.59. The van der Waals surface area contributed by atoms with Gasteiger partial charge in [0, 0.05) is 50.3 Å². The quantitative estimate of drug-likeness (QED) is 0.735. The standard InChI is InChI=1S/C18H24ClN5O3S/c1-12(25)18(26)23-4-2-22(3-5-23)17(24-6-7-27-16(19)10-24)14-8-13-15(28-14)9-20-11-21-13/h8-9,11-12,16-17,25H,2-7,10H2,1H3. The number of halogens is 1. The maximum absolute atomic E-state index is 12.1. The summed E-state index contributed by atoms with van der Waals surface area (Å²) in [5.41, 5.74) is 0.613. The third-order valence-electron chi connectivity index (χ3n) is 5.20. The fourth-order valence-electron chi connectivity index (χ4n) is 3.82. The van der Waals surface area contributed by atoms with E-state index in [1.54, 1.807) is 22.6 Å². The fourth-order valence-corrected chi connectivity index (χ4v) is 5.25. The first-order valence-corrected chi connectivity index (χ1v) is 10.7. The minimum Gasteiger partial charge on any atom is -0.384 e. The Hall–Kier alpha value is -1.36. The number of thiophene rings is 1. The molecule has 0 aromatic carbocycles. The number of ether oxygens (including phenoxy) is 1. The lowest BCUT2D eigenvalue weighted by molar-refractivity contribution is -0.142. The maximum Gasteiger partial charge on any atom is 0.251 e. The van der Waals surface area contributed by atoms with Gasteiger partial charge < -0.3 is 14.7 Å². The molecule has 2 aromatic rings. The predicted octanol–water partition coefficient (Wildman–Crippen LogP) is 1.11. The highest BCUT2D eigenvalue weighted by atomic mass is 35.5. The zero-order valence-corrected chi connectivity index (χ0v) is 17.3. The minimum atomic E-state index is -0.959. The topological polar surface area (TPSA) is 82.0 Å². The molecule has 152 valence electrons. The summed E-state index contributed by atoms with van der Waals surface area (Å²) in [6.07, 6.45) is 2.50. The van der Waals surface area contributed by atoms with E-state index in [-0.39, 0.29) is 17.6 Å². The van der Waals surface area contributed by atoms with Gasteiger partial charge in [-0.3, -0.25) is 14.6 Å². The van der Waals surface area contributed by atoms with Gasteiger partial charge >= 0.3 is 0 Å². The molecule has 4 rings (SSSR count). The number of morpholine rings is 1. The van der Waals surface area contributed by atoms with Crippen LogP contribution in [0.1, 0.15) is 18.0 Å². The van der Waals surface area contributed by atoms with Crippen molar-refractivity contribution in [1.82, 2.24) is 24.7 Å². The van der Waals surface area contributed by atoms with E-state index in [9.17, 15) is 9.90 Å². The van der Waals surface area contributed by atoms with Crippen LogP contribution in [-0.4, -0.2) is 93.2 Å². The van der Waals surface area contributed by atoms with Crippen LogP contribution in [0.2, 0.25) is 0 Å². The van der Waals surface area contributed by atoms with Gasteiger partial charge in [-0.15, -0.1) is 11.3 Å². The molecule has 0 bridgehead atoms. The smallest absolute Gasteiger partial charge is 0.251 e. The highest BCUT2D eigenvalue weighted by molar-refractivity contribution is 7.19. The van der Waals surface area contributed by atoms with Crippen molar-refractivity contribution in [3.05, 3.63) is 23.5 Å². The number of aliphatic hydroxyl groups is 1. The number of aliphatic hydroxyl groups excluding tert-OH is 1. The van der Waals surface area contributed by atoms with Gasteiger partial charge in [0.25, 0.3) is 5.91 Å². The summed E-state index contributed by atoms with van der Waals surface area (Å²) in [6.45, 7) is 6.19. The van der Waals surface area contributed by atoms with E-state index in [1.807, 2.05) is 6.20 Å². The molecule has 8 nitrogen and oxygen atoms in total. The van der Waals surface area contributed by atoms with Crippen molar-refractivity contribution >= 4 is 39.1 Å². The number of alkyl halides is 1. The van der Waals surface area contributed by atoms with E-state index >= 15 is 0 Å². The molecular formula is C18H24ClN5O3S. The summed E-state index contributed by atoms with van der Waals surface area (Å²) in [4.78, 5) is 28.3. The Labute approximate surface area is 172 Å².